The van der Waals surface area contributed by atoms with Crippen LogP contribution in [0.5, 0.6) is 0 Å². The van der Waals surface area contributed by atoms with Crippen LogP contribution in [-0.2, 0) is 12.8 Å². The van der Waals surface area contributed by atoms with Gasteiger partial charge in [0, 0.05) is 35.6 Å². The van der Waals surface area contributed by atoms with Crippen LogP contribution in [0.1, 0.15) is 57.8 Å². The number of halogens is 1. The maximum Gasteiger partial charge on any atom is 0.276 e. The van der Waals surface area contributed by atoms with Crippen LogP contribution in [0.4, 0.5) is 10.1 Å². The van der Waals surface area contributed by atoms with Gasteiger partial charge in [0.05, 0.1) is 5.69 Å². The molecule has 1 aliphatic carbocycles. The van der Waals surface area contributed by atoms with Gasteiger partial charge < -0.3 is 10.2 Å². The number of carbonyl (C=O) groups excluding carboxylic acids is 2. The van der Waals surface area contributed by atoms with E-state index in [2.05, 4.69) is 10.4 Å². The van der Waals surface area contributed by atoms with Crippen molar-refractivity contribution >= 4 is 17.5 Å². The molecule has 32 heavy (non-hydrogen) atoms. The summed E-state index contributed by atoms with van der Waals surface area (Å²) >= 11 is 0. The highest BCUT2D eigenvalue weighted by atomic mass is 19.1. The quantitative estimate of drug-likeness (QED) is 0.665. The zero-order valence-electron chi connectivity index (χ0n) is 17.8. The number of likely N-dealkylation sites (tertiary alicyclic amines) is 1. The van der Waals surface area contributed by atoms with E-state index in [-0.39, 0.29) is 17.6 Å². The largest absolute Gasteiger partial charge is 0.339 e. The lowest BCUT2D eigenvalue weighted by atomic mass is 9.95. The predicted octanol–water partition coefficient (Wildman–Crippen LogP) is 4.38. The Kier molecular flexibility index (Phi) is 5.47. The van der Waals surface area contributed by atoms with Crippen molar-refractivity contribution in [2.75, 3.05) is 18.4 Å². The Morgan fingerprint density at radius 1 is 0.938 bits per heavy atom. The van der Waals surface area contributed by atoms with Crippen molar-refractivity contribution in [2.45, 2.75) is 38.5 Å². The Balaban J connectivity index is 1.42. The number of carbonyl (C=O) groups is 2. The van der Waals surface area contributed by atoms with Crippen LogP contribution in [-0.4, -0.2) is 39.6 Å². The lowest BCUT2D eigenvalue weighted by Gasteiger charge is -2.16. The average Bonchev–Trinajstić information content (AvgIpc) is 3.48. The lowest BCUT2D eigenvalue weighted by molar-refractivity contribution is 0.0792. The summed E-state index contributed by atoms with van der Waals surface area (Å²) in [6.45, 7) is 1.56. The van der Waals surface area contributed by atoms with Gasteiger partial charge in [-0.15, -0.1) is 0 Å². The average molecular weight is 432 g/mol. The summed E-state index contributed by atoms with van der Waals surface area (Å²) in [6.07, 6.45) is 5.71. The molecule has 0 bridgehead atoms. The third-order valence-electron chi connectivity index (χ3n) is 6.23. The van der Waals surface area contributed by atoms with E-state index in [1.165, 1.54) is 12.1 Å². The van der Waals surface area contributed by atoms with Gasteiger partial charge in [-0.25, -0.2) is 9.07 Å². The summed E-state index contributed by atoms with van der Waals surface area (Å²) in [7, 11) is 0. The molecular formula is C25H25FN4O2. The van der Waals surface area contributed by atoms with Crippen LogP contribution < -0.4 is 5.32 Å². The van der Waals surface area contributed by atoms with Gasteiger partial charge in [0.15, 0.2) is 5.69 Å². The fraction of sp³-hybridized carbons (Fsp3) is 0.320. The number of amides is 2. The second-order valence-electron chi connectivity index (χ2n) is 8.40. The molecule has 3 aromatic rings. The van der Waals surface area contributed by atoms with E-state index in [1.807, 2.05) is 4.90 Å². The van der Waals surface area contributed by atoms with Crippen molar-refractivity contribution < 1.29 is 14.0 Å². The summed E-state index contributed by atoms with van der Waals surface area (Å²) in [4.78, 5) is 27.7. The SMILES string of the molecule is O=C(Nc1cccc(C(=O)N2CCCC2)c1)c1nn(-c2ccc(F)cc2)c2c1CCCC2. The van der Waals surface area contributed by atoms with E-state index < -0.39 is 0 Å². The third-order valence-corrected chi connectivity index (χ3v) is 6.23. The number of nitrogens with zero attached hydrogens (tertiary/aromatic N) is 3. The summed E-state index contributed by atoms with van der Waals surface area (Å²) in [5, 5.41) is 7.54. The topological polar surface area (TPSA) is 67.2 Å². The smallest absolute Gasteiger partial charge is 0.276 e. The molecule has 2 heterocycles. The van der Waals surface area contributed by atoms with Gasteiger partial charge in [-0.05, 0) is 81.0 Å². The number of hydrogen-bond acceptors (Lipinski definition) is 3. The van der Waals surface area contributed by atoms with Gasteiger partial charge in [-0.1, -0.05) is 6.07 Å². The van der Waals surface area contributed by atoms with Crippen LogP contribution in [0.25, 0.3) is 5.69 Å². The zero-order chi connectivity index (χ0) is 22.1. The Bertz CT molecular complexity index is 1160. The molecule has 6 nitrogen and oxygen atoms in total. The Hall–Kier alpha value is -3.48. The minimum Gasteiger partial charge on any atom is -0.339 e. The molecule has 1 aromatic heterocycles. The molecule has 1 fully saturated rings. The van der Waals surface area contributed by atoms with Gasteiger partial charge in [0.2, 0.25) is 0 Å². The van der Waals surface area contributed by atoms with Gasteiger partial charge in [0.25, 0.3) is 11.8 Å². The molecule has 7 heteroatoms. The van der Waals surface area contributed by atoms with E-state index in [9.17, 15) is 14.0 Å². The highest BCUT2D eigenvalue weighted by Crippen LogP contribution is 2.28. The number of rotatable bonds is 4. The normalized spacial score (nSPS) is 15.5. The first-order valence-corrected chi connectivity index (χ1v) is 11.2. The second-order valence-corrected chi connectivity index (χ2v) is 8.40. The van der Waals surface area contributed by atoms with Gasteiger partial charge >= 0.3 is 0 Å². The molecule has 1 aliphatic heterocycles. The Morgan fingerprint density at radius 2 is 1.69 bits per heavy atom. The predicted molar refractivity (Wildman–Crippen MR) is 120 cm³/mol. The fourth-order valence-electron chi connectivity index (χ4n) is 4.60. The van der Waals surface area contributed by atoms with Crippen molar-refractivity contribution in [3.63, 3.8) is 0 Å². The fourth-order valence-corrected chi connectivity index (χ4v) is 4.60. The number of nitrogens with one attached hydrogen (secondary N) is 1. The first kappa shape index (κ1) is 20.4. The molecule has 2 aliphatic rings. The van der Waals surface area contributed by atoms with Crippen LogP contribution in [0.15, 0.2) is 48.5 Å². The molecule has 0 spiro atoms. The highest BCUT2D eigenvalue weighted by molar-refractivity contribution is 6.05. The van der Waals surface area contributed by atoms with Crippen LogP contribution >= 0.6 is 0 Å². The molecule has 1 N–H and O–H groups in total. The van der Waals surface area contributed by atoms with Crippen LogP contribution in [0.2, 0.25) is 0 Å². The minimum absolute atomic E-state index is 0.00318. The molecule has 0 atom stereocenters. The van der Waals surface area contributed by atoms with E-state index in [4.69, 9.17) is 0 Å². The van der Waals surface area contributed by atoms with Crippen LogP contribution in [0.3, 0.4) is 0 Å². The molecule has 1 saturated heterocycles. The summed E-state index contributed by atoms with van der Waals surface area (Å²) in [5.74, 6) is -0.609. The standard InChI is InChI=1S/C25H25FN4O2/c26-18-10-12-20(13-11-18)30-22-9-2-1-8-21(22)23(28-30)24(31)27-19-7-5-6-17(16-19)25(32)29-14-3-4-15-29/h5-7,10-13,16H,1-4,8-9,14-15H2,(H,27,31). The number of anilines is 1. The Labute approximate surface area is 186 Å². The minimum atomic E-state index is -0.309. The summed E-state index contributed by atoms with van der Waals surface area (Å²) < 4.78 is 15.1. The van der Waals surface area contributed by atoms with Crippen molar-refractivity contribution in [1.29, 1.82) is 0 Å². The Morgan fingerprint density at radius 3 is 2.47 bits per heavy atom. The van der Waals surface area contributed by atoms with Crippen molar-refractivity contribution in [2.24, 2.45) is 0 Å². The van der Waals surface area contributed by atoms with Crippen LogP contribution in [0, 0.1) is 5.82 Å². The molecular weight excluding hydrogens is 407 g/mol. The molecule has 164 valence electrons. The van der Waals surface area contributed by atoms with Crippen molar-refractivity contribution in [3.05, 3.63) is 76.9 Å². The first-order chi connectivity index (χ1) is 15.6. The van der Waals surface area contributed by atoms with E-state index in [1.54, 1.807) is 41.1 Å². The molecule has 0 saturated carbocycles. The summed E-state index contributed by atoms with van der Waals surface area (Å²) in [5.41, 5.74) is 4.22. The monoisotopic (exact) mass is 432 g/mol. The van der Waals surface area contributed by atoms with Gasteiger partial charge in [-0.3, -0.25) is 9.59 Å². The summed E-state index contributed by atoms with van der Waals surface area (Å²) in [6, 6.07) is 13.2. The zero-order valence-corrected chi connectivity index (χ0v) is 17.8. The van der Waals surface area contributed by atoms with Gasteiger partial charge in [0.1, 0.15) is 5.82 Å². The molecule has 0 unspecified atom stereocenters. The number of fused-ring (bicyclic) bond motifs is 1. The van der Waals surface area contributed by atoms with Crippen molar-refractivity contribution in [1.82, 2.24) is 14.7 Å². The highest BCUT2D eigenvalue weighted by Gasteiger charge is 2.26. The second kappa shape index (κ2) is 8.57. The first-order valence-electron chi connectivity index (χ1n) is 11.2. The van der Waals surface area contributed by atoms with Gasteiger partial charge in [-0.2, -0.15) is 5.10 Å². The third kappa shape index (κ3) is 3.90. The van der Waals surface area contributed by atoms with Crippen molar-refractivity contribution in [3.8, 4) is 5.69 Å². The van der Waals surface area contributed by atoms with E-state index >= 15 is 0 Å². The lowest BCUT2D eigenvalue weighted by Crippen LogP contribution is -2.27. The molecule has 2 aromatic carbocycles. The maximum atomic E-state index is 13.4. The van der Waals surface area contributed by atoms with E-state index in [0.29, 0.717) is 16.9 Å². The molecule has 0 radical (unpaired) electrons. The van der Waals surface area contributed by atoms with E-state index in [0.717, 1.165) is 68.6 Å². The molecule has 2 amide bonds. The molecule has 5 rings (SSSR count). The number of aromatic nitrogens is 2. The number of benzene rings is 2. The maximum absolute atomic E-state index is 13.4. The number of hydrogen-bond donors (Lipinski definition) is 1.